The standard InChI is InChI=1S/C21H28N2O5/c24-18(9-14-28-17-5-2-1-3-6-17)23-12-7-16(8-13-23)20(27)22-21(10-4-11-21)15-19(25)26/h1-3,5-6,16H,4,7-15H2,(H,22,27)(H,25,26). The minimum atomic E-state index is -0.877. The molecule has 1 aromatic rings. The van der Waals surface area contributed by atoms with E-state index in [4.69, 9.17) is 9.84 Å². The molecule has 2 amide bonds. The summed E-state index contributed by atoms with van der Waals surface area (Å²) >= 11 is 0. The number of hydrogen-bond donors (Lipinski definition) is 2. The second-order valence-corrected chi connectivity index (χ2v) is 7.76. The first-order chi connectivity index (χ1) is 13.5. The number of piperidine rings is 1. The van der Waals surface area contributed by atoms with Crippen molar-refractivity contribution in [2.24, 2.45) is 5.92 Å². The van der Waals surface area contributed by atoms with Crippen LogP contribution in [0.1, 0.15) is 44.9 Å². The second-order valence-electron chi connectivity index (χ2n) is 7.76. The van der Waals surface area contributed by atoms with Gasteiger partial charge in [0.1, 0.15) is 5.75 Å². The third kappa shape index (κ3) is 5.24. The number of likely N-dealkylation sites (tertiary alicyclic amines) is 1. The average Bonchev–Trinajstić information content (AvgIpc) is 2.66. The van der Waals surface area contributed by atoms with Crippen molar-refractivity contribution in [3.8, 4) is 5.75 Å². The summed E-state index contributed by atoms with van der Waals surface area (Å²) in [5, 5.41) is 12.1. The van der Waals surface area contributed by atoms with E-state index in [-0.39, 0.29) is 24.2 Å². The number of amides is 2. The number of benzene rings is 1. The van der Waals surface area contributed by atoms with Gasteiger partial charge in [-0.25, -0.2) is 0 Å². The van der Waals surface area contributed by atoms with Gasteiger partial charge in [-0.2, -0.15) is 0 Å². The lowest BCUT2D eigenvalue weighted by molar-refractivity contribution is -0.142. The first kappa shape index (κ1) is 20.2. The fourth-order valence-electron chi connectivity index (χ4n) is 3.92. The van der Waals surface area contributed by atoms with Crippen molar-refractivity contribution in [1.82, 2.24) is 10.2 Å². The van der Waals surface area contributed by atoms with E-state index in [1.165, 1.54) is 0 Å². The number of hydrogen-bond acceptors (Lipinski definition) is 4. The molecule has 2 N–H and O–H groups in total. The molecule has 28 heavy (non-hydrogen) atoms. The number of nitrogens with one attached hydrogen (secondary N) is 1. The number of para-hydroxylation sites is 1. The molecule has 1 heterocycles. The van der Waals surface area contributed by atoms with Crippen LogP contribution < -0.4 is 10.1 Å². The molecule has 1 saturated heterocycles. The van der Waals surface area contributed by atoms with Gasteiger partial charge in [-0.05, 0) is 44.2 Å². The largest absolute Gasteiger partial charge is 0.493 e. The van der Waals surface area contributed by atoms with Crippen LogP contribution in [0.25, 0.3) is 0 Å². The Morgan fingerprint density at radius 2 is 1.82 bits per heavy atom. The van der Waals surface area contributed by atoms with Crippen molar-refractivity contribution in [3.05, 3.63) is 30.3 Å². The van der Waals surface area contributed by atoms with Gasteiger partial charge in [0.2, 0.25) is 11.8 Å². The predicted octanol–water partition coefficient (Wildman–Crippen LogP) is 2.21. The number of carbonyl (C=O) groups is 3. The first-order valence-corrected chi connectivity index (χ1v) is 9.97. The van der Waals surface area contributed by atoms with Crippen molar-refractivity contribution in [1.29, 1.82) is 0 Å². The summed E-state index contributed by atoms with van der Waals surface area (Å²) in [6.45, 7) is 1.43. The molecule has 1 aliphatic carbocycles. The summed E-state index contributed by atoms with van der Waals surface area (Å²) in [6.07, 6.45) is 3.92. The van der Waals surface area contributed by atoms with Crippen LogP contribution in [0.3, 0.4) is 0 Å². The Bertz CT molecular complexity index is 694. The lowest BCUT2D eigenvalue weighted by Gasteiger charge is -2.43. The molecule has 1 aromatic carbocycles. The van der Waals surface area contributed by atoms with Crippen molar-refractivity contribution >= 4 is 17.8 Å². The maximum absolute atomic E-state index is 12.6. The Balaban J connectivity index is 1.39. The Hall–Kier alpha value is -2.57. The van der Waals surface area contributed by atoms with Gasteiger partial charge in [0.15, 0.2) is 0 Å². The fraction of sp³-hybridized carbons (Fsp3) is 0.571. The maximum Gasteiger partial charge on any atom is 0.305 e. The number of ether oxygens (including phenoxy) is 1. The zero-order chi connectivity index (χ0) is 20.0. The lowest BCUT2D eigenvalue weighted by Crippen LogP contribution is -2.57. The molecule has 1 saturated carbocycles. The van der Waals surface area contributed by atoms with Crippen molar-refractivity contribution < 1.29 is 24.2 Å². The van der Waals surface area contributed by atoms with Crippen molar-refractivity contribution in [2.75, 3.05) is 19.7 Å². The van der Waals surface area contributed by atoms with Gasteiger partial charge >= 0.3 is 5.97 Å². The third-order valence-electron chi connectivity index (χ3n) is 5.73. The summed E-state index contributed by atoms with van der Waals surface area (Å²) in [5.41, 5.74) is -0.565. The molecule has 0 spiro atoms. The van der Waals surface area contributed by atoms with E-state index in [0.29, 0.717) is 39.0 Å². The minimum Gasteiger partial charge on any atom is -0.493 e. The van der Waals surface area contributed by atoms with Gasteiger partial charge in [0.05, 0.1) is 25.0 Å². The molecule has 1 aliphatic heterocycles. The average molecular weight is 388 g/mol. The first-order valence-electron chi connectivity index (χ1n) is 9.97. The summed E-state index contributed by atoms with van der Waals surface area (Å²) < 4.78 is 5.57. The molecule has 152 valence electrons. The Morgan fingerprint density at radius 1 is 1.14 bits per heavy atom. The molecule has 0 unspecified atom stereocenters. The summed E-state index contributed by atoms with van der Waals surface area (Å²) in [7, 11) is 0. The van der Waals surface area contributed by atoms with E-state index in [1.807, 2.05) is 30.3 Å². The Labute approximate surface area is 165 Å². The highest BCUT2D eigenvalue weighted by molar-refractivity contribution is 5.81. The van der Waals surface area contributed by atoms with E-state index >= 15 is 0 Å². The molecule has 7 heteroatoms. The normalized spacial score (nSPS) is 18.8. The molecule has 3 rings (SSSR count). The molecule has 7 nitrogen and oxygen atoms in total. The molecule has 0 atom stereocenters. The zero-order valence-electron chi connectivity index (χ0n) is 16.1. The molecular weight excluding hydrogens is 360 g/mol. The molecule has 2 aliphatic rings. The molecule has 0 bridgehead atoms. The van der Waals surface area contributed by atoms with Gasteiger partial charge in [-0.15, -0.1) is 0 Å². The number of carboxylic acids is 1. The molecule has 0 radical (unpaired) electrons. The van der Waals surface area contributed by atoms with Crippen LogP contribution >= 0.6 is 0 Å². The topological polar surface area (TPSA) is 95.9 Å². The summed E-state index contributed by atoms with van der Waals surface area (Å²) in [4.78, 5) is 37.8. The number of nitrogens with zero attached hydrogens (tertiary/aromatic N) is 1. The van der Waals surface area contributed by atoms with E-state index in [0.717, 1.165) is 25.0 Å². The van der Waals surface area contributed by atoms with E-state index in [1.54, 1.807) is 4.90 Å². The van der Waals surface area contributed by atoms with Crippen LogP contribution in [0.15, 0.2) is 30.3 Å². The van der Waals surface area contributed by atoms with E-state index in [9.17, 15) is 14.4 Å². The lowest BCUT2D eigenvalue weighted by atomic mass is 9.74. The highest BCUT2D eigenvalue weighted by atomic mass is 16.5. The number of aliphatic carboxylic acids is 1. The summed E-state index contributed by atoms with van der Waals surface area (Å²) in [5.74, 6) is -0.317. The zero-order valence-corrected chi connectivity index (χ0v) is 16.1. The fourth-order valence-corrected chi connectivity index (χ4v) is 3.92. The van der Waals surface area contributed by atoms with Gasteiger partial charge < -0.3 is 20.1 Å². The smallest absolute Gasteiger partial charge is 0.305 e. The van der Waals surface area contributed by atoms with Gasteiger partial charge in [-0.3, -0.25) is 14.4 Å². The minimum absolute atomic E-state index is 0.0164. The third-order valence-corrected chi connectivity index (χ3v) is 5.73. The maximum atomic E-state index is 12.6. The van der Waals surface area contributed by atoms with Crippen molar-refractivity contribution in [2.45, 2.75) is 50.5 Å². The van der Waals surface area contributed by atoms with Crippen LogP contribution in [0.2, 0.25) is 0 Å². The van der Waals surface area contributed by atoms with Gasteiger partial charge in [0, 0.05) is 19.0 Å². The van der Waals surface area contributed by atoms with Crippen LogP contribution in [0.4, 0.5) is 0 Å². The van der Waals surface area contributed by atoms with Crippen LogP contribution in [-0.2, 0) is 14.4 Å². The van der Waals surface area contributed by atoms with Crippen molar-refractivity contribution in [3.63, 3.8) is 0 Å². The second kappa shape index (κ2) is 9.08. The molecule has 2 fully saturated rings. The quantitative estimate of drug-likeness (QED) is 0.712. The Kier molecular flexibility index (Phi) is 6.54. The monoisotopic (exact) mass is 388 g/mol. The highest BCUT2D eigenvalue weighted by Gasteiger charge is 2.41. The van der Waals surface area contributed by atoms with E-state index in [2.05, 4.69) is 5.32 Å². The van der Waals surface area contributed by atoms with Gasteiger partial charge in [0.25, 0.3) is 0 Å². The summed E-state index contributed by atoms with van der Waals surface area (Å²) in [6, 6.07) is 9.39. The number of rotatable bonds is 8. The highest BCUT2D eigenvalue weighted by Crippen LogP contribution is 2.35. The number of carboxylic acid groups (broad SMARTS) is 1. The van der Waals surface area contributed by atoms with Crippen LogP contribution in [-0.4, -0.2) is 53.0 Å². The molecule has 0 aromatic heterocycles. The van der Waals surface area contributed by atoms with Crippen LogP contribution in [0, 0.1) is 5.92 Å². The van der Waals surface area contributed by atoms with Crippen LogP contribution in [0.5, 0.6) is 5.75 Å². The number of carbonyl (C=O) groups excluding carboxylic acids is 2. The van der Waals surface area contributed by atoms with Gasteiger partial charge in [-0.1, -0.05) is 18.2 Å². The SMILES string of the molecule is O=C(O)CC1(NC(=O)C2CCN(C(=O)CCOc3ccccc3)CC2)CCC1. The van der Waals surface area contributed by atoms with E-state index < -0.39 is 11.5 Å². The Morgan fingerprint density at radius 3 is 2.39 bits per heavy atom. The molecular formula is C21H28N2O5. The predicted molar refractivity (Wildman–Crippen MR) is 103 cm³/mol.